The lowest BCUT2D eigenvalue weighted by molar-refractivity contribution is 0.388. The van der Waals surface area contributed by atoms with Gasteiger partial charge in [-0.05, 0) is 32.9 Å². The van der Waals surface area contributed by atoms with Crippen LogP contribution < -0.4 is 11.3 Å². The Morgan fingerprint density at radius 3 is 2.55 bits per heavy atom. The molecule has 0 aliphatic heterocycles. The fourth-order valence-electron chi connectivity index (χ4n) is 4.30. The molecule has 3 heterocycles. The van der Waals surface area contributed by atoms with E-state index in [0.29, 0.717) is 42.2 Å². The Bertz CT molecular complexity index is 1720. The van der Waals surface area contributed by atoms with Gasteiger partial charge in [-0.2, -0.15) is 0 Å². The molecule has 0 unspecified atom stereocenters. The van der Waals surface area contributed by atoms with Crippen molar-refractivity contribution in [3.8, 4) is 22.5 Å². The summed E-state index contributed by atoms with van der Waals surface area (Å²) in [6, 6.07) is 17.8. The van der Waals surface area contributed by atoms with Gasteiger partial charge in [0.1, 0.15) is 5.82 Å². The average molecular weight is 524 g/mol. The van der Waals surface area contributed by atoms with Gasteiger partial charge in [0.05, 0.1) is 22.9 Å². The maximum atomic E-state index is 13.7. The van der Waals surface area contributed by atoms with E-state index in [0.717, 1.165) is 33.1 Å². The Kier molecular flexibility index (Phi) is 7.15. The molecule has 0 amide bonds. The summed E-state index contributed by atoms with van der Waals surface area (Å²) in [7, 11) is 0. The number of hydrogen-bond acceptors (Lipinski definition) is 7. The van der Waals surface area contributed by atoms with Crippen LogP contribution in [0.15, 0.2) is 68.0 Å². The number of thiazole rings is 1. The molecule has 0 radical (unpaired) electrons. The van der Waals surface area contributed by atoms with Crippen molar-refractivity contribution in [2.24, 2.45) is 0 Å². The first-order valence-electron chi connectivity index (χ1n) is 12.1. The molecule has 0 bridgehead atoms. The van der Waals surface area contributed by atoms with Gasteiger partial charge < -0.3 is 0 Å². The first-order chi connectivity index (χ1) is 18.4. The number of hydrogen-bond donors (Lipinski definition) is 1. The lowest BCUT2D eigenvalue weighted by Gasteiger charge is -2.14. The van der Waals surface area contributed by atoms with Crippen molar-refractivity contribution in [1.29, 1.82) is 0 Å². The zero-order chi connectivity index (χ0) is 26.6. The van der Waals surface area contributed by atoms with Gasteiger partial charge in [-0.25, -0.2) is 14.8 Å². The zero-order valence-corrected chi connectivity index (χ0v) is 22.1. The Balaban J connectivity index is 1.49. The molecule has 1 N–H and O–H groups in total. The van der Waals surface area contributed by atoms with E-state index in [1.54, 1.807) is 15.9 Å². The summed E-state index contributed by atoms with van der Waals surface area (Å²) >= 11 is 1.56. The van der Waals surface area contributed by atoms with Crippen molar-refractivity contribution in [2.45, 2.75) is 40.2 Å². The van der Waals surface area contributed by atoms with Gasteiger partial charge in [0.2, 0.25) is 0 Å². The van der Waals surface area contributed by atoms with Crippen LogP contribution in [-0.2, 0) is 19.4 Å². The molecule has 5 rings (SSSR count). The van der Waals surface area contributed by atoms with E-state index < -0.39 is 5.76 Å². The highest BCUT2D eigenvalue weighted by Gasteiger charge is 2.16. The Labute approximate surface area is 223 Å². The first kappa shape index (κ1) is 25.1. The quantitative estimate of drug-likeness (QED) is 0.296. The van der Waals surface area contributed by atoms with Crippen LogP contribution >= 0.6 is 11.3 Å². The minimum absolute atomic E-state index is 0.0690. The molecule has 0 aliphatic rings. The maximum absolute atomic E-state index is 13.7. The summed E-state index contributed by atoms with van der Waals surface area (Å²) in [5, 5.41) is 6.75. The monoisotopic (exact) mass is 523 g/mol. The number of H-pyrrole nitrogens is 1. The molecule has 9 heteroatoms. The fourth-order valence-corrected chi connectivity index (χ4v) is 4.90. The summed E-state index contributed by atoms with van der Waals surface area (Å²) in [6.07, 6.45) is 4.91. The molecule has 0 fully saturated rings. The summed E-state index contributed by atoms with van der Waals surface area (Å²) in [5.74, 6) is 0.396. The predicted molar refractivity (Wildman–Crippen MR) is 146 cm³/mol. The predicted octanol–water partition coefficient (Wildman–Crippen LogP) is 4.69. The number of aryl methyl sites for hydroxylation is 2. The van der Waals surface area contributed by atoms with E-state index in [2.05, 4.69) is 31.8 Å². The first-order valence-corrected chi connectivity index (χ1v) is 13.0. The third kappa shape index (κ3) is 5.26. The fraction of sp³-hybridized carbons (Fsp3) is 0.207. The van der Waals surface area contributed by atoms with Crippen LogP contribution in [0.2, 0.25) is 0 Å². The smallest absolute Gasteiger partial charge is 0.296 e. The van der Waals surface area contributed by atoms with Gasteiger partial charge in [0, 0.05) is 46.0 Å². The topological polar surface area (TPSA) is 107 Å². The second-order valence-electron chi connectivity index (χ2n) is 8.79. The molecule has 0 saturated carbocycles. The molecular weight excluding hydrogens is 498 g/mol. The standard InChI is InChI=1S/C29H25N5O3S/c1-4-5-10-26-25(28(35)34(18(2)30-26)16-22-17-38-19(3)31-22)15-20-11-13-21(14-12-20)23-8-6-7-9-24(23)27-32-29(36)37-33-27/h4-9,11,13,17H,10,15-16H2,1-3H3,(H,32,33,36)/b5-4+. The Hall–Kier alpha value is -4.55. The van der Waals surface area contributed by atoms with Crippen LogP contribution in [-0.4, -0.2) is 24.7 Å². The van der Waals surface area contributed by atoms with Crippen LogP contribution in [0.4, 0.5) is 0 Å². The lowest BCUT2D eigenvalue weighted by Crippen LogP contribution is -2.30. The Morgan fingerprint density at radius 2 is 1.89 bits per heavy atom. The molecule has 8 nitrogen and oxygen atoms in total. The second-order valence-corrected chi connectivity index (χ2v) is 9.86. The van der Waals surface area contributed by atoms with Crippen LogP contribution in [0.3, 0.4) is 0 Å². The maximum Gasteiger partial charge on any atom is 0.439 e. The average Bonchev–Trinajstić information content (AvgIpc) is 3.55. The highest BCUT2D eigenvalue weighted by molar-refractivity contribution is 7.09. The second kappa shape index (κ2) is 10.8. The van der Waals surface area contributed by atoms with Crippen LogP contribution in [0.1, 0.15) is 40.3 Å². The van der Waals surface area contributed by atoms with Gasteiger partial charge in [0.15, 0.2) is 5.82 Å². The van der Waals surface area contributed by atoms with Gasteiger partial charge >= 0.3 is 5.76 Å². The van der Waals surface area contributed by atoms with Crippen molar-refractivity contribution in [1.82, 2.24) is 24.7 Å². The summed E-state index contributed by atoms with van der Waals surface area (Å²) in [5.41, 5.74) is 5.32. The molecule has 0 saturated heterocycles. The van der Waals surface area contributed by atoms with Gasteiger partial charge in [0.25, 0.3) is 5.56 Å². The van der Waals surface area contributed by atoms with Gasteiger partial charge in [-0.15, -0.1) is 11.3 Å². The number of nitrogens with one attached hydrogen (secondary N) is 1. The Morgan fingerprint density at radius 1 is 1.08 bits per heavy atom. The number of nitrogens with zero attached hydrogens (tertiary/aromatic N) is 4. The molecule has 190 valence electrons. The van der Waals surface area contributed by atoms with Crippen molar-refractivity contribution in [3.05, 3.63) is 120 Å². The van der Waals surface area contributed by atoms with E-state index in [4.69, 9.17) is 4.98 Å². The third-order valence-electron chi connectivity index (χ3n) is 6.16. The molecule has 0 aliphatic carbocycles. The van der Waals surface area contributed by atoms with Crippen molar-refractivity contribution < 1.29 is 4.52 Å². The van der Waals surface area contributed by atoms with Crippen LogP contribution in [0.5, 0.6) is 0 Å². The van der Waals surface area contributed by atoms with E-state index in [-0.39, 0.29) is 5.56 Å². The minimum atomic E-state index is -0.614. The molecule has 5 aromatic rings. The summed E-state index contributed by atoms with van der Waals surface area (Å²) in [4.78, 5) is 37.1. The zero-order valence-electron chi connectivity index (χ0n) is 21.2. The molecular formula is C29H25N5O3S. The van der Waals surface area contributed by atoms with Crippen molar-refractivity contribution in [2.75, 3.05) is 0 Å². The van der Waals surface area contributed by atoms with E-state index >= 15 is 0 Å². The lowest BCUT2D eigenvalue weighted by atomic mass is 9.98. The highest BCUT2D eigenvalue weighted by Crippen LogP contribution is 2.28. The number of aromatic nitrogens is 5. The molecule has 0 atom stereocenters. The minimum Gasteiger partial charge on any atom is -0.296 e. The van der Waals surface area contributed by atoms with Gasteiger partial charge in [-0.3, -0.25) is 18.9 Å². The number of aromatic amines is 1. The summed E-state index contributed by atoms with van der Waals surface area (Å²) < 4.78 is 6.37. The molecule has 38 heavy (non-hydrogen) atoms. The normalized spacial score (nSPS) is 11.2. The van der Waals surface area contributed by atoms with E-state index in [1.165, 1.54) is 0 Å². The van der Waals surface area contributed by atoms with E-state index in [1.807, 2.05) is 74.7 Å². The van der Waals surface area contributed by atoms with Crippen molar-refractivity contribution >= 4 is 11.3 Å². The summed E-state index contributed by atoms with van der Waals surface area (Å²) in [6.45, 7) is 6.14. The van der Waals surface area contributed by atoms with Crippen molar-refractivity contribution in [3.63, 3.8) is 0 Å². The third-order valence-corrected chi connectivity index (χ3v) is 6.98. The molecule has 2 aromatic carbocycles. The number of benzene rings is 1. The SMILES string of the molecule is C/C=C/Cc1nc(C)n(Cc2csc(C)n2)c(=O)c1Cc1c#cc(-c2ccccc2-c2noc(=O)[nH]2)cc1. The molecule has 3 aromatic heterocycles. The van der Waals surface area contributed by atoms with E-state index in [9.17, 15) is 9.59 Å². The van der Waals surface area contributed by atoms with Crippen LogP contribution in [0, 0.1) is 26.0 Å². The molecule has 0 spiro atoms. The highest BCUT2D eigenvalue weighted by atomic mass is 32.1. The largest absolute Gasteiger partial charge is 0.439 e. The van der Waals surface area contributed by atoms with Crippen LogP contribution in [0.25, 0.3) is 22.5 Å². The number of rotatable bonds is 8. The van der Waals surface area contributed by atoms with Gasteiger partial charge in [-0.1, -0.05) is 53.7 Å². The number of allylic oxidation sites excluding steroid dienone is 2.